The Morgan fingerprint density at radius 2 is 1.76 bits per heavy atom. The van der Waals surface area contributed by atoms with E-state index in [1.807, 2.05) is 71.8 Å². The van der Waals surface area contributed by atoms with E-state index in [1.165, 1.54) is 5.56 Å². The van der Waals surface area contributed by atoms with Crippen molar-refractivity contribution in [1.29, 1.82) is 0 Å². The van der Waals surface area contributed by atoms with Crippen molar-refractivity contribution < 1.29 is 0 Å². The van der Waals surface area contributed by atoms with Crippen molar-refractivity contribution in [3.8, 4) is 5.69 Å². The number of nitrogens with zero attached hydrogens (tertiary/aromatic N) is 3. The Kier molecular flexibility index (Phi) is 4.39. The minimum absolute atomic E-state index is 0.783. The van der Waals surface area contributed by atoms with E-state index in [0.29, 0.717) is 0 Å². The van der Waals surface area contributed by atoms with Crippen LogP contribution in [0, 0.1) is 0 Å². The van der Waals surface area contributed by atoms with Crippen LogP contribution in [0.3, 0.4) is 0 Å². The molecule has 0 bridgehead atoms. The molecule has 0 atom stereocenters. The van der Waals surface area contributed by atoms with Crippen molar-refractivity contribution in [2.75, 3.05) is 6.54 Å². The smallest absolute Gasteiger partial charge is 0.0766 e. The first-order valence-corrected chi connectivity index (χ1v) is 7.11. The van der Waals surface area contributed by atoms with Crippen LogP contribution in [0.5, 0.6) is 0 Å². The fourth-order valence-corrected chi connectivity index (χ4v) is 2.18. The normalized spacial score (nSPS) is 10.7. The van der Waals surface area contributed by atoms with Gasteiger partial charge in [-0.3, -0.25) is 4.98 Å². The average molecular weight is 278 g/mol. The van der Waals surface area contributed by atoms with Gasteiger partial charge in [-0.05, 0) is 48.9 Å². The van der Waals surface area contributed by atoms with Gasteiger partial charge < -0.3 is 5.32 Å². The molecule has 106 valence electrons. The third-order valence-electron chi connectivity index (χ3n) is 3.31. The Bertz CT molecular complexity index is 662. The van der Waals surface area contributed by atoms with Gasteiger partial charge in [-0.15, -0.1) is 0 Å². The molecular formula is C17H18N4. The van der Waals surface area contributed by atoms with Gasteiger partial charge in [-0.25, -0.2) is 4.68 Å². The monoisotopic (exact) mass is 278 g/mol. The quantitative estimate of drug-likeness (QED) is 0.705. The standard InChI is InChI=1S/C17H18N4/c1-2-4-17(5-3-1)21-13-9-16(20-21)14-19-12-8-15-6-10-18-11-7-15/h1-7,9-11,13,19H,8,12,14H2. The summed E-state index contributed by atoms with van der Waals surface area (Å²) in [6.45, 7) is 1.72. The van der Waals surface area contributed by atoms with Crippen LogP contribution in [0.15, 0.2) is 67.1 Å². The summed E-state index contributed by atoms with van der Waals surface area (Å²) in [6, 6.07) is 16.3. The molecule has 3 aromatic rings. The number of hydrogen-bond acceptors (Lipinski definition) is 3. The van der Waals surface area contributed by atoms with Crippen molar-refractivity contribution in [2.24, 2.45) is 0 Å². The van der Waals surface area contributed by atoms with E-state index in [2.05, 4.69) is 15.4 Å². The molecule has 4 nitrogen and oxygen atoms in total. The molecule has 21 heavy (non-hydrogen) atoms. The molecule has 0 radical (unpaired) electrons. The molecule has 0 aliphatic rings. The number of para-hydroxylation sites is 1. The lowest BCUT2D eigenvalue weighted by atomic mass is 10.2. The summed E-state index contributed by atoms with van der Waals surface area (Å²) in [5, 5.41) is 7.99. The van der Waals surface area contributed by atoms with Crippen molar-refractivity contribution in [2.45, 2.75) is 13.0 Å². The maximum atomic E-state index is 4.57. The SMILES string of the molecule is c1ccc(-n2ccc(CNCCc3ccncc3)n2)cc1. The van der Waals surface area contributed by atoms with E-state index in [-0.39, 0.29) is 0 Å². The van der Waals surface area contributed by atoms with Crippen molar-refractivity contribution in [3.63, 3.8) is 0 Å². The second kappa shape index (κ2) is 6.81. The van der Waals surface area contributed by atoms with Crippen LogP contribution < -0.4 is 5.32 Å². The van der Waals surface area contributed by atoms with Crippen LogP contribution in [0.25, 0.3) is 5.69 Å². The maximum Gasteiger partial charge on any atom is 0.0766 e. The molecule has 0 spiro atoms. The first kappa shape index (κ1) is 13.5. The number of pyridine rings is 1. The van der Waals surface area contributed by atoms with E-state index < -0.39 is 0 Å². The van der Waals surface area contributed by atoms with Crippen molar-refractivity contribution in [1.82, 2.24) is 20.1 Å². The predicted molar refractivity (Wildman–Crippen MR) is 83.2 cm³/mol. The third-order valence-corrected chi connectivity index (χ3v) is 3.31. The highest BCUT2D eigenvalue weighted by molar-refractivity contribution is 5.30. The molecule has 0 saturated carbocycles. The van der Waals surface area contributed by atoms with Crippen molar-refractivity contribution >= 4 is 0 Å². The molecule has 2 aromatic heterocycles. The molecule has 0 aliphatic carbocycles. The molecular weight excluding hydrogens is 260 g/mol. The summed E-state index contributed by atoms with van der Waals surface area (Å²) in [4.78, 5) is 4.02. The van der Waals surface area contributed by atoms with Crippen LogP contribution in [0.2, 0.25) is 0 Å². The lowest BCUT2D eigenvalue weighted by Crippen LogP contribution is -2.17. The molecule has 1 N–H and O–H groups in total. The Hall–Kier alpha value is -2.46. The van der Waals surface area contributed by atoms with Crippen LogP contribution in [0.4, 0.5) is 0 Å². The molecule has 2 heterocycles. The number of benzene rings is 1. The molecule has 0 fully saturated rings. The van der Waals surface area contributed by atoms with Crippen LogP contribution in [-0.4, -0.2) is 21.3 Å². The van der Waals surface area contributed by atoms with Gasteiger partial charge in [0.05, 0.1) is 11.4 Å². The second-order valence-corrected chi connectivity index (χ2v) is 4.87. The van der Waals surface area contributed by atoms with Crippen molar-refractivity contribution in [3.05, 3.63) is 78.4 Å². The zero-order chi connectivity index (χ0) is 14.3. The summed E-state index contributed by atoms with van der Waals surface area (Å²) < 4.78 is 1.90. The zero-order valence-electron chi connectivity index (χ0n) is 11.8. The topological polar surface area (TPSA) is 42.7 Å². The van der Waals surface area contributed by atoms with E-state index >= 15 is 0 Å². The molecule has 0 saturated heterocycles. The molecule has 0 amide bonds. The molecule has 1 aromatic carbocycles. The molecule has 4 heteroatoms. The van der Waals surface area contributed by atoms with Gasteiger partial charge in [-0.1, -0.05) is 18.2 Å². The Balaban J connectivity index is 1.49. The van der Waals surface area contributed by atoms with Gasteiger partial charge in [0.2, 0.25) is 0 Å². The number of aromatic nitrogens is 3. The maximum absolute atomic E-state index is 4.57. The van der Waals surface area contributed by atoms with Gasteiger partial charge in [0, 0.05) is 25.1 Å². The zero-order valence-corrected chi connectivity index (χ0v) is 11.8. The van der Waals surface area contributed by atoms with E-state index in [1.54, 1.807) is 0 Å². The largest absolute Gasteiger partial charge is 0.311 e. The predicted octanol–water partition coefficient (Wildman–Crippen LogP) is 2.60. The minimum Gasteiger partial charge on any atom is -0.311 e. The highest BCUT2D eigenvalue weighted by Gasteiger charge is 2.00. The van der Waals surface area contributed by atoms with Gasteiger partial charge in [0.25, 0.3) is 0 Å². The van der Waals surface area contributed by atoms with E-state index in [9.17, 15) is 0 Å². The Morgan fingerprint density at radius 1 is 0.952 bits per heavy atom. The fourth-order valence-electron chi connectivity index (χ4n) is 2.18. The molecule has 3 rings (SSSR count). The lowest BCUT2D eigenvalue weighted by Gasteiger charge is -2.03. The number of nitrogens with one attached hydrogen (secondary N) is 1. The van der Waals surface area contributed by atoms with E-state index in [0.717, 1.165) is 30.9 Å². The first-order valence-electron chi connectivity index (χ1n) is 7.11. The number of hydrogen-bond donors (Lipinski definition) is 1. The highest BCUT2D eigenvalue weighted by Crippen LogP contribution is 2.06. The summed E-state index contributed by atoms with van der Waals surface area (Å²) in [5.41, 5.74) is 3.43. The summed E-state index contributed by atoms with van der Waals surface area (Å²) in [5.74, 6) is 0. The summed E-state index contributed by atoms with van der Waals surface area (Å²) in [7, 11) is 0. The number of rotatable bonds is 6. The Labute approximate surface area is 124 Å². The average Bonchev–Trinajstić information content (AvgIpc) is 3.02. The molecule has 0 aliphatic heterocycles. The van der Waals surface area contributed by atoms with Gasteiger partial charge >= 0.3 is 0 Å². The lowest BCUT2D eigenvalue weighted by molar-refractivity contribution is 0.665. The fraction of sp³-hybridized carbons (Fsp3) is 0.176. The third kappa shape index (κ3) is 3.77. The molecule has 0 unspecified atom stereocenters. The van der Waals surface area contributed by atoms with Crippen LogP contribution in [0.1, 0.15) is 11.3 Å². The summed E-state index contributed by atoms with van der Waals surface area (Å²) >= 11 is 0. The van der Waals surface area contributed by atoms with E-state index in [4.69, 9.17) is 0 Å². The second-order valence-electron chi connectivity index (χ2n) is 4.87. The minimum atomic E-state index is 0.783. The Morgan fingerprint density at radius 3 is 2.57 bits per heavy atom. The highest BCUT2D eigenvalue weighted by atomic mass is 15.3. The van der Waals surface area contributed by atoms with Crippen LogP contribution >= 0.6 is 0 Å². The van der Waals surface area contributed by atoms with Gasteiger partial charge in [0.1, 0.15) is 0 Å². The summed E-state index contributed by atoms with van der Waals surface area (Å²) in [6.07, 6.45) is 6.66. The van der Waals surface area contributed by atoms with Gasteiger partial charge in [0.15, 0.2) is 0 Å². The van der Waals surface area contributed by atoms with Crippen LogP contribution in [-0.2, 0) is 13.0 Å². The van der Waals surface area contributed by atoms with Gasteiger partial charge in [-0.2, -0.15) is 5.10 Å². The first-order chi connectivity index (χ1) is 10.4.